The number of benzene rings is 2. The van der Waals surface area contributed by atoms with Crippen LogP contribution >= 0.6 is 0 Å². The van der Waals surface area contributed by atoms with Crippen LogP contribution in [0.3, 0.4) is 0 Å². The van der Waals surface area contributed by atoms with E-state index >= 15 is 0 Å². The van der Waals surface area contributed by atoms with E-state index in [9.17, 15) is 8.78 Å². The molecule has 2 aromatic rings. The van der Waals surface area contributed by atoms with E-state index in [2.05, 4.69) is 0 Å². The Morgan fingerprint density at radius 3 is 2.20 bits per heavy atom. The Morgan fingerprint density at radius 2 is 1.53 bits per heavy atom. The van der Waals surface area contributed by atoms with Crippen LogP contribution in [0.5, 0.6) is 0 Å². The molecule has 0 aromatic heterocycles. The van der Waals surface area contributed by atoms with Crippen molar-refractivity contribution in [1.29, 1.82) is 0 Å². The molecule has 0 amide bonds. The molecule has 15 heavy (non-hydrogen) atoms. The molecule has 0 spiro atoms. The zero-order valence-corrected chi connectivity index (χ0v) is 7.87. The molecule has 1 nitrogen and oxygen atoms in total. The Balaban J connectivity index is 2.50. The number of hydrogen-bond acceptors (Lipinski definition) is 1. The van der Waals surface area contributed by atoms with E-state index in [-0.39, 0.29) is 0 Å². The second kappa shape index (κ2) is 3.69. The maximum Gasteiger partial charge on any atom is 0.159 e. The number of rotatable bonds is 1. The lowest BCUT2D eigenvalue weighted by molar-refractivity contribution is 0.509. The van der Waals surface area contributed by atoms with Crippen LogP contribution in [0.15, 0.2) is 42.5 Å². The number of anilines is 1. The van der Waals surface area contributed by atoms with E-state index in [1.807, 2.05) is 0 Å². The van der Waals surface area contributed by atoms with Crippen molar-refractivity contribution in [2.45, 2.75) is 0 Å². The smallest absolute Gasteiger partial charge is 0.159 e. The molecule has 0 aliphatic carbocycles. The van der Waals surface area contributed by atoms with E-state index in [0.717, 1.165) is 17.7 Å². The van der Waals surface area contributed by atoms with Crippen molar-refractivity contribution in [3.05, 3.63) is 54.1 Å². The van der Waals surface area contributed by atoms with Gasteiger partial charge in [0.05, 0.1) is 0 Å². The van der Waals surface area contributed by atoms with Crippen molar-refractivity contribution >= 4 is 5.69 Å². The summed E-state index contributed by atoms with van der Waals surface area (Å²) in [5, 5.41) is 0. The Labute approximate surface area is 86.2 Å². The van der Waals surface area contributed by atoms with Crippen molar-refractivity contribution in [2.24, 2.45) is 0 Å². The molecule has 0 saturated carbocycles. The van der Waals surface area contributed by atoms with Crippen LogP contribution in [0, 0.1) is 11.6 Å². The van der Waals surface area contributed by atoms with Crippen LogP contribution in [0.1, 0.15) is 0 Å². The molecule has 76 valence electrons. The summed E-state index contributed by atoms with van der Waals surface area (Å²) < 4.78 is 25.7. The highest BCUT2D eigenvalue weighted by molar-refractivity contribution is 5.67. The Kier molecular flexibility index (Phi) is 2.37. The molecule has 2 rings (SSSR count). The first-order valence-electron chi connectivity index (χ1n) is 4.48. The van der Waals surface area contributed by atoms with E-state index < -0.39 is 11.6 Å². The maximum atomic E-state index is 13.0. The third kappa shape index (κ3) is 1.96. The zero-order valence-electron chi connectivity index (χ0n) is 7.87. The summed E-state index contributed by atoms with van der Waals surface area (Å²) in [4.78, 5) is 0. The fraction of sp³-hybridized carbons (Fsp3) is 0. The quantitative estimate of drug-likeness (QED) is 0.711. The second-order valence-electron chi connectivity index (χ2n) is 3.25. The standard InChI is InChI=1S/C12H9F2N/c13-11-5-4-9(7-12(11)14)8-2-1-3-10(15)6-8/h1-7H,15H2. The molecule has 0 aliphatic rings. The average molecular weight is 205 g/mol. The first kappa shape index (κ1) is 9.65. The van der Waals surface area contributed by atoms with Crippen molar-refractivity contribution in [3.8, 4) is 11.1 Å². The lowest BCUT2D eigenvalue weighted by Crippen LogP contribution is -1.87. The van der Waals surface area contributed by atoms with Crippen LogP contribution in [-0.4, -0.2) is 0 Å². The highest BCUT2D eigenvalue weighted by atomic mass is 19.2. The van der Waals surface area contributed by atoms with Gasteiger partial charge in [0.1, 0.15) is 0 Å². The summed E-state index contributed by atoms with van der Waals surface area (Å²) in [5.41, 5.74) is 7.58. The first-order chi connectivity index (χ1) is 7.16. The monoisotopic (exact) mass is 205 g/mol. The van der Waals surface area contributed by atoms with E-state index in [4.69, 9.17) is 5.73 Å². The molecule has 0 fully saturated rings. The van der Waals surface area contributed by atoms with Crippen molar-refractivity contribution in [1.82, 2.24) is 0 Å². The highest BCUT2D eigenvalue weighted by Gasteiger charge is 2.04. The molecule has 0 atom stereocenters. The number of nitrogen functional groups attached to an aromatic ring is 1. The van der Waals surface area contributed by atoms with Gasteiger partial charge in [-0.2, -0.15) is 0 Å². The van der Waals surface area contributed by atoms with Crippen molar-refractivity contribution in [3.63, 3.8) is 0 Å². The van der Waals surface area contributed by atoms with Gasteiger partial charge in [-0.05, 0) is 35.4 Å². The number of halogens is 2. The van der Waals surface area contributed by atoms with E-state index in [0.29, 0.717) is 11.3 Å². The van der Waals surface area contributed by atoms with Gasteiger partial charge in [0.15, 0.2) is 11.6 Å². The molecule has 2 N–H and O–H groups in total. The van der Waals surface area contributed by atoms with Gasteiger partial charge in [0.2, 0.25) is 0 Å². The van der Waals surface area contributed by atoms with Gasteiger partial charge >= 0.3 is 0 Å². The Hall–Kier alpha value is -1.90. The summed E-state index contributed by atoms with van der Waals surface area (Å²) in [5.74, 6) is -1.70. The lowest BCUT2D eigenvalue weighted by Gasteiger charge is -2.03. The summed E-state index contributed by atoms with van der Waals surface area (Å²) in [7, 11) is 0. The molecule has 0 aliphatic heterocycles. The summed E-state index contributed by atoms with van der Waals surface area (Å²) in [6.07, 6.45) is 0. The third-order valence-electron chi connectivity index (χ3n) is 2.14. The first-order valence-corrected chi connectivity index (χ1v) is 4.48. The molecule has 0 saturated heterocycles. The molecular weight excluding hydrogens is 196 g/mol. The van der Waals surface area contributed by atoms with Crippen LogP contribution in [0.2, 0.25) is 0 Å². The van der Waals surface area contributed by atoms with Gasteiger partial charge in [0.25, 0.3) is 0 Å². The normalized spacial score (nSPS) is 10.3. The second-order valence-corrected chi connectivity index (χ2v) is 3.25. The van der Waals surface area contributed by atoms with Crippen LogP contribution in [-0.2, 0) is 0 Å². The zero-order chi connectivity index (χ0) is 10.8. The van der Waals surface area contributed by atoms with E-state index in [1.54, 1.807) is 24.3 Å². The fourth-order valence-corrected chi connectivity index (χ4v) is 1.39. The molecule has 0 heterocycles. The SMILES string of the molecule is Nc1cccc(-c2ccc(F)c(F)c2)c1. The van der Waals surface area contributed by atoms with Crippen molar-refractivity contribution in [2.75, 3.05) is 5.73 Å². The van der Waals surface area contributed by atoms with Gasteiger partial charge in [-0.25, -0.2) is 8.78 Å². The fourth-order valence-electron chi connectivity index (χ4n) is 1.39. The molecule has 0 radical (unpaired) electrons. The summed E-state index contributed by atoms with van der Waals surface area (Å²) >= 11 is 0. The lowest BCUT2D eigenvalue weighted by atomic mass is 10.1. The van der Waals surface area contributed by atoms with Crippen LogP contribution < -0.4 is 5.73 Å². The van der Waals surface area contributed by atoms with Gasteiger partial charge in [-0.15, -0.1) is 0 Å². The number of nitrogens with two attached hydrogens (primary N) is 1. The average Bonchev–Trinajstić information content (AvgIpc) is 2.22. The van der Waals surface area contributed by atoms with Crippen LogP contribution in [0.4, 0.5) is 14.5 Å². The topological polar surface area (TPSA) is 26.0 Å². The van der Waals surface area contributed by atoms with Gasteiger partial charge in [-0.3, -0.25) is 0 Å². The largest absolute Gasteiger partial charge is 0.399 e. The van der Waals surface area contributed by atoms with Gasteiger partial charge < -0.3 is 5.73 Å². The molecule has 2 aromatic carbocycles. The Morgan fingerprint density at radius 1 is 0.800 bits per heavy atom. The summed E-state index contributed by atoms with van der Waals surface area (Å²) in [6, 6.07) is 10.8. The summed E-state index contributed by atoms with van der Waals surface area (Å²) in [6.45, 7) is 0. The minimum Gasteiger partial charge on any atom is -0.399 e. The predicted molar refractivity (Wildman–Crippen MR) is 56.2 cm³/mol. The molecular formula is C12H9F2N. The highest BCUT2D eigenvalue weighted by Crippen LogP contribution is 2.22. The minimum absolute atomic E-state index is 0.595. The van der Waals surface area contributed by atoms with Crippen LogP contribution in [0.25, 0.3) is 11.1 Å². The van der Waals surface area contributed by atoms with Crippen molar-refractivity contribution < 1.29 is 8.78 Å². The molecule has 0 bridgehead atoms. The number of hydrogen-bond donors (Lipinski definition) is 1. The minimum atomic E-state index is -0.852. The third-order valence-corrected chi connectivity index (χ3v) is 2.14. The Bertz CT molecular complexity index is 495. The maximum absolute atomic E-state index is 13.0. The van der Waals surface area contributed by atoms with E-state index in [1.165, 1.54) is 6.07 Å². The molecule has 0 unspecified atom stereocenters. The predicted octanol–water partition coefficient (Wildman–Crippen LogP) is 3.21. The molecule has 3 heteroatoms. The van der Waals surface area contributed by atoms with Gasteiger partial charge in [-0.1, -0.05) is 18.2 Å². The van der Waals surface area contributed by atoms with Gasteiger partial charge in [0, 0.05) is 5.69 Å².